The lowest BCUT2D eigenvalue weighted by molar-refractivity contribution is 0.103. The Balaban J connectivity index is 3.72. The summed E-state index contributed by atoms with van der Waals surface area (Å²) in [5.41, 5.74) is 0.220. The SMILES string of the molecule is CCCC(CNC(C)(C)C)COCC. The maximum atomic E-state index is 5.47. The fourth-order valence-electron chi connectivity index (χ4n) is 1.39. The summed E-state index contributed by atoms with van der Waals surface area (Å²) in [6.45, 7) is 13.7. The summed E-state index contributed by atoms with van der Waals surface area (Å²) < 4.78 is 5.47. The normalized spacial score (nSPS) is 14.4. The Hall–Kier alpha value is -0.0800. The molecule has 1 atom stereocenters. The molecule has 1 unspecified atom stereocenters. The molecule has 14 heavy (non-hydrogen) atoms. The van der Waals surface area contributed by atoms with Gasteiger partial charge in [-0.3, -0.25) is 0 Å². The maximum absolute atomic E-state index is 5.47. The third-order valence-corrected chi connectivity index (χ3v) is 2.18. The summed E-state index contributed by atoms with van der Waals surface area (Å²) in [6, 6.07) is 0. The van der Waals surface area contributed by atoms with Crippen LogP contribution in [0.5, 0.6) is 0 Å². The quantitative estimate of drug-likeness (QED) is 0.684. The molecular formula is C12H27NO. The molecule has 0 saturated carbocycles. The largest absolute Gasteiger partial charge is 0.381 e. The molecule has 0 aromatic rings. The fraction of sp³-hybridized carbons (Fsp3) is 1.00. The first kappa shape index (κ1) is 13.9. The molecule has 0 aliphatic rings. The Labute approximate surface area is 89.4 Å². The number of hydrogen-bond acceptors (Lipinski definition) is 2. The van der Waals surface area contributed by atoms with Crippen LogP contribution in [-0.2, 0) is 4.74 Å². The van der Waals surface area contributed by atoms with Gasteiger partial charge in [-0.2, -0.15) is 0 Å². The van der Waals surface area contributed by atoms with Crippen molar-refractivity contribution in [3.8, 4) is 0 Å². The summed E-state index contributed by atoms with van der Waals surface area (Å²) in [7, 11) is 0. The molecule has 2 heteroatoms. The summed E-state index contributed by atoms with van der Waals surface area (Å²) in [6.07, 6.45) is 2.49. The zero-order valence-electron chi connectivity index (χ0n) is 10.5. The van der Waals surface area contributed by atoms with Gasteiger partial charge in [0.2, 0.25) is 0 Å². The first-order chi connectivity index (χ1) is 6.49. The smallest absolute Gasteiger partial charge is 0.0506 e. The van der Waals surface area contributed by atoms with Crippen molar-refractivity contribution in [3.63, 3.8) is 0 Å². The van der Waals surface area contributed by atoms with Crippen LogP contribution in [0.3, 0.4) is 0 Å². The minimum Gasteiger partial charge on any atom is -0.381 e. The topological polar surface area (TPSA) is 21.3 Å². The van der Waals surface area contributed by atoms with Crippen molar-refractivity contribution in [1.29, 1.82) is 0 Å². The van der Waals surface area contributed by atoms with E-state index in [9.17, 15) is 0 Å². The van der Waals surface area contributed by atoms with Gasteiger partial charge in [-0.1, -0.05) is 13.3 Å². The highest BCUT2D eigenvalue weighted by Gasteiger charge is 2.13. The first-order valence-electron chi connectivity index (χ1n) is 5.82. The van der Waals surface area contributed by atoms with Crippen LogP contribution in [0, 0.1) is 5.92 Å². The van der Waals surface area contributed by atoms with E-state index in [1.807, 2.05) is 0 Å². The van der Waals surface area contributed by atoms with E-state index in [-0.39, 0.29) is 5.54 Å². The lowest BCUT2D eigenvalue weighted by Gasteiger charge is -2.25. The second kappa shape index (κ2) is 7.24. The van der Waals surface area contributed by atoms with Crippen molar-refractivity contribution in [1.82, 2.24) is 5.32 Å². The molecule has 0 spiro atoms. The zero-order chi connectivity index (χ0) is 11.0. The first-order valence-corrected chi connectivity index (χ1v) is 5.82. The molecule has 1 N–H and O–H groups in total. The number of hydrogen-bond donors (Lipinski definition) is 1. The number of nitrogens with one attached hydrogen (secondary N) is 1. The van der Waals surface area contributed by atoms with E-state index in [2.05, 4.69) is 39.9 Å². The molecule has 0 rings (SSSR count). The third-order valence-electron chi connectivity index (χ3n) is 2.18. The molecule has 2 nitrogen and oxygen atoms in total. The summed E-state index contributed by atoms with van der Waals surface area (Å²) >= 11 is 0. The van der Waals surface area contributed by atoms with Gasteiger partial charge in [-0.25, -0.2) is 0 Å². The minimum absolute atomic E-state index is 0.220. The monoisotopic (exact) mass is 201 g/mol. The predicted molar refractivity (Wildman–Crippen MR) is 62.6 cm³/mol. The Morgan fingerprint density at radius 2 is 1.86 bits per heavy atom. The van der Waals surface area contributed by atoms with Crippen LogP contribution < -0.4 is 5.32 Å². The van der Waals surface area contributed by atoms with E-state index in [0.717, 1.165) is 19.8 Å². The average Bonchev–Trinajstić information content (AvgIpc) is 2.08. The van der Waals surface area contributed by atoms with Gasteiger partial charge >= 0.3 is 0 Å². The number of ether oxygens (including phenoxy) is 1. The summed E-state index contributed by atoms with van der Waals surface area (Å²) in [5.74, 6) is 0.666. The van der Waals surface area contributed by atoms with E-state index in [1.54, 1.807) is 0 Å². The molecule has 0 aliphatic carbocycles. The van der Waals surface area contributed by atoms with Gasteiger partial charge in [-0.15, -0.1) is 0 Å². The van der Waals surface area contributed by atoms with Crippen molar-refractivity contribution in [3.05, 3.63) is 0 Å². The average molecular weight is 201 g/mol. The van der Waals surface area contributed by atoms with Gasteiger partial charge in [0.25, 0.3) is 0 Å². The van der Waals surface area contributed by atoms with E-state index in [0.29, 0.717) is 5.92 Å². The van der Waals surface area contributed by atoms with Gasteiger partial charge in [0.05, 0.1) is 6.61 Å². The molecule has 0 aromatic heterocycles. The highest BCUT2D eigenvalue weighted by molar-refractivity contribution is 4.73. The molecular weight excluding hydrogens is 174 g/mol. The Kier molecular flexibility index (Phi) is 7.20. The predicted octanol–water partition coefficient (Wildman–Crippen LogP) is 2.83. The molecule has 0 aliphatic heterocycles. The second-order valence-electron chi connectivity index (χ2n) is 4.95. The van der Waals surface area contributed by atoms with Crippen molar-refractivity contribution in [2.45, 2.75) is 53.0 Å². The highest BCUT2D eigenvalue weighted by Crippen LogP contribution is 2.08. The second-order valence-corrected chi connectivity index (χ2v) is 4.95. The molecule has 0 aromatic carbocycles. The molecule has 0 heterocycles. The van der Waals surface area contributed by atoms with Crippen molar-refractivity contribution < 1.29 is 4.74 Å². The Bertz CT molecular complexity index is 129. The van der Waals surface area contributed by atoms with Crippen LogP contribution in [0.25, 0.3) is 0 Å². The van der Waals surface area contributed by atoms with Gasteiger partial charge < -0.3 is 10.1 Å². The van der Waals surface area contributed by atoms with Crippen LogP contribution in [-0.4, -0.2) is 25.3 Å². The van der Waals surface area contributed by atoms with Crippen molar-refractivity contribution in [2.75, 3.05) is 19.8 Å². The van der Waals surface area contributed by atoms with Gasteiger partial charge in [0, 0.05) is 18.7 Å². The zero-order valence-corrected chi connectivity index (χ0v) is 10.5. The van der Waals surface area contributed by atoms with E-state index in [4.69, 9.17) is 4.74 Å². The fourth-order valence-corrected chi connectivity index (χ4v) is 1.39. The van der Waals surface area contributed by atoms with Gasteiger partial charge in [0.1, 0.15) is 0 Å². The van der Waals surface area contributed by atoms with Crippen LogP contribution in [0.4, 0.5) is 0 Å². The van der Waals surface area contributed by atoms with E-state index in [1.165, 1.54) is 12.8 Å². The third kappa shape index (κ3) is 8.52. The van der Waals surface area contributed by atoms with E-state index < -0.39 is 0 Å². The van der Waals surface area contributed by atoms with Crippen LogP contribution >= 0.6 is 0 Å². The van der Waals surface area contributed by atoms with E-state index >= 15 is 0 Å². The standard InChI is InChI=1S/C12H27NO/c1-6-8-11(10-14-7-2)9-13-12(3,4)5/h11,13H,6-10H2,1-5H3. The van der Waals surface area contributed by atoms with Crippen molar-refractivity contribution in [2.24, 2.45) is 5.92 Å². The molecule has 0 radical (unpaired) electrons. The lowest BCUT2D eigenvalue weighted by Crippen LogP contribution is -2.40. The molecule has 0 saturated heterocycles. The lowest BCUT2D eigenvalue weighted by atomic mass is 10.0. The Morgan fingerprint density at radius 3 is 2.29 bits per heavy atom. The van der Waals surface area contributed by atoms with Crippen molar-refractivity contribution >= 4 is 0 Å². The minimum atomic E-state index is 0.220. The van der Waals surface area contributed by atoms with Gasteiger partial charge in [0.15, 0.2) is 0 Å². The summed E-state index contributed by atoms with van der Waals surface area (Å²) in [4.78, 5) is 0. The Morgan fingerprint density at radius 1 is 1.21 bits per heavy atom. The van der Waals surface area contributed by atoms with Crippen LogP contribution in [0.15, 0.2) is 0 Å². The molecule has 0 bridgehead atoms. The number of rotatable bonds is 7. The highest BCUT2D eigenvalue weighted by atomic mass is 16.5. The van der Waals surface area contributed by atoms with Gasteiger partial charge in [-0.05, 0) is 40.0 Å². The molecule has 0 fully saturated rings. The van der Waals surface area contributed by atoms with Crippen LogP contribution in [0.2, 0.25) is 0 Å². The van der Waals surface area contributed by atoms with Crippen LogP contribution in [0.1, 0.15) is 47.5 Å². The molecule has 86 valence electrons. The molecule has 0 amide bonds. The maximum Gasteiger partial charge on any atom is 0.0506 e. The summed E-state index contributed by atoms with van der Waals surface area (Å²) in [5, 5.41) is 3.54.